The topological polar surface area (TPSA) is 69.9 Å². The highest BCUT2D eigenvalue weighted by molar-refractivity contribution is 5.12. The van der Waals surface area contributed by atoms with E-state index in [4.69, 9.17) is 4.74 Å². The first kappa shape index (κ1) is 28.4. The molecule has 0 saturated heterocycles. The molecule has 0 aromatic heterocycles. The minimum absolute atomic E-state index is 0.315. The molecule has 3 N–H and O–H groups in total. The second-order valence-electron chi connectivity index (χ2n) is 15.9. The smallest absolute Gasteiger partial charge is 0.0930 e. The lowest BCUT2D eigenvalue weighted by Crippen LogP contribution is -2.60. The van der Waals surface area contributed by atoms with Gasteiger partial charge in [0.05, 0.1) is 22.9 Å². The summed E-state index contributed by atoms with van der Waals surface area (Å²) in [6, 6.07) is 0. The number of hydrogen-bond donors (Lipinski definition) is 3. The van der Waals surface area contributed by atoms with Crippen LogP contribution in [0.4, 0.5) is 0 Å². The van der Waals surface area contributed by atoms with E-state index in [0.29, 0.717) is 28.8 Å². The third-order valence-electron chi connectivity index (χ3n) is 13.9. The average molecular weight is 519 g/mol. The van der Waals surface area contributed by atoms with Gasteiger partial charge in [-0.05, 0) is 156 Å². The lowest BCUT2D eigenvalue weighted by molar-refractivity contribution is -0.204. The molecule has 0 unspecified atom stereocenters. The molecule has 0 bridgehead atoms. The molecular formula is C33H58O4. The summed E-state index contributed by atoms with van der Waals surface area (Å²) in [4.78, 5) is 0. The van der Waals surface area contributed by atoms with E-state index in [2.05, 4.69) is 20.8 Å². The van der Waals surface area contributed by atoms with Gasteiger partial charge in [-0.2, -0.15) is 0 Å². The van der Waals surface area contributed by atoms with Crippen LogP contribution in [-0.2, 0) is 4.74 Å². The first-order valence-corrected chi connectivity index (χ1v) is 15.9. The third kappa shape index (κ3) is 4.76. The maximum absolute atomic E-state index is 11.4. The fourth-order valence-electron chi connectivity index (χ4n) is 11.1. The van der Waals surface area contributed by atoms with Crippen molar-refractivity contribution < 1.29 is 20.1 Å². The summed E-state index contributed by atoms with van der Waals surface area (Å²) < 4.78 is 5.54. The van der Waals surface area contributed by atoms with E-state index in [1.54, 1.807) is 21.0 Å². The van der Waals surface area contributed by atoms with Crippen molar-refractivity contribution in [1.29, 1.82) is 0 Å². The van der Waals surface area contributed by atoms with Crippen molar-refractivity contribution in [3.63, 3.8) is 0 Å². The molecule has 5 fully saturated rings. The van der Waals surface area contributed by atoms with Crippen molar-refractivity contribution in [3.05, 3.63) is 0 Å². The van der Waals surface area contributed by atoms with Crippen molar-refractivity contribution >= 4 is 0 Å². The predicted molar refractivity (Wildman–Crippen MR) is 149 cm³/mol. The van der Waals surface area contributed by atoms with Gasteiger partial charge in [0.25, 0.3) is 0 Å². The third-order valence-corrected chi connectivity index (χ3v) is 13.9. The van der Waals surface area contributed by atoms with Gasteiger partial charge in [0, 0.05) is 7.11 Å². The van der Waals surface area contributed by atoms with Crippen LogP contribution in [0, 0.1) is 46.3 Å². The van der Waals surface area contributed by atoms with Gasteiger partial charge in [0.15, 0.2) is 0 Å². The minimum atomic E-state index is -1.03. The van der Waals surface area contributed by atoms with Crippen LogP contribution in [-0.4, -0.2) is 45.3 Å². The van der Waals surface area contributed by atoms with E-state index in [1.807, 2.05) is 0 Å². The first-order valence-electron chi connectivity index (χ1n) is 15.9. The molecule has 0 spiro atoms. The highest BCUT2D eigenvalue weighted by atomic mass is 16.5. The number of ether oxygens (including phenoxy) is 1. The van der Waals surface area contributed by atoms with Gasteiger partial charge in [-0.25, -0.2) is 0 Å². The lowest BCUT2D eigenvalue weighted by atomic mass is 9.43. The predicted octanol–water partition coefficient (Wildman–Crippen LogP) is 6.88. The number of fused-ring (bicyclic) bond motifs is 5. The summed E-state index contributed by atoms with van der Waals surface area (Å²) in [7, 11) is 1.81. The molecule has 0 aromatic rings. The second kappa shape index (κ2) is 9.74. The molecule has 0 aromatic carbocycles. The first-order chi connectivity index (χ1) is 17.2. The van der Waals surface area contributed by atoms with Gasteiger partial charge in [-0.3, -0.25) is 0 Å². The Morgan fingerprint density at radius 2 is 1.51 bits per heavy atom. The maximum atomic E-state index is 11.4. The number of hydrogen-bond acceptors (Lipinski definition) is 4. The highest BCUT2D eigenvalue weighted by Gasteiger charge is 2.62. The van der Waals surface area contributed by atoms with Crippen LogP contribution in [0.3, 0.4) is 0 Å². The van der Waals surface area contributed by atoms with Crippen molar-refractivity contribution in [3.8, 4) is 0 Å². The summed E-state index contributed by atoms with van der Waals surface area (Å²) in [6.07, 6.45) is 16.8. The highest BCUT2D eigenvalue weighted by Crippen LogP contribution is 2.69. The summed E-state index contributed by atoms with van der Waals surface area (Å²) in [5.74, 6) is 4.45. The van der Waals surface area contributed by atoms with Crippen molar-refractivity contribution in [2.45, 2.75) is 154 Å². The number of rotatable bonds is 6. The Kier molecular flexibility index (Phi) is 7.47. The van der Waals surface area contributed by atoms with Crippen molar-refractivity contribution in [2.75, 3.05) is 7.11 Å². The van der Waals surface area contributed by atoms with Gasteiger partial charge in [0.1, 0.15) is 0 Å². The molecule has 0 aliphatic heterocycles. The fraction of sp³-hybridized carbons (Fsp3) is 1.00. The minimum Gasteiger partial charge on any atom is -0.390 e. The van der Waals surface area contributed by atoms with Gasteiger partial charge in [0.2, 0.25) is 0 Å². The Morgan fingerprint density at radius 1 is 0.838 bits per heavy atom. The number of aliphatic hydroxyl groups is 3. The molecule has 214 valence electrons. The van der Waals surface area contributed by atoms with Gasteiger partial charge in [-0.15, -0.1) is 0 Å². The molecule has 9 atom stereocenters. The van der Waals surface area contributed by atoms with Gasteiger partial charge >= 0.3 is 0 Å². The molecule has 5 aliphatic rings. The van der Waals surface area contributed by atoms with Crippen LogP contribution in [0.2, 0.25) is 0 Å². The van der Waals surface area contributed by atoms with E-state index < -0.39 is 16.8 Å². The fourth-order valence-corrected chi connectivity index (χ4v) is 11.1. The largest absolute Gasteiger partial charge is 0.390 e. The monoisotopic (exact) mass is 518 g/mol. The van der Waals surface area contributed by atoms with Crippen molar-refractivity contribution in [1.82, 2.24) is 0 Å². The van der Waals surface area contributed by atoms with Crippen LogP contribution in [0.25, 0.3) is 0 Å². The Hall–Kier alpha value is -0.160. The van der Waals surface area contributed by atoms with E-state index in [1.165, 1.54) is 38.5 Å². The van der Waals surface area contributed by atoms with Crippen LogP contribution in [0.15, 0.2) is 0 Å². The standard InChI is InChI=1S/C33H58O4/c1-22(11-16-32(35)17-12-24(37-6)13-18-32)26-9-10-27-25-8-7-23-21-33(36,29(2,3)34)20-19-30(23,4)28(25)14-15-31(26,27)5/h22-28,34-36H,7-21H2,1-6H3/t22-,23+,24?,25+,26-,27+,28+,30+,31-,32?,33+/m1/s1. The molecule has 0 heterocycles. The molecule has 5 saturated carbocycles. The van der Waals surface area contributed by atoms with Crippen LogP contribution in [0.1, 0.15) is 131 Å². The summed E-state index contributed by atoms with van der Waals surface area (Å²) in [5, 5.41) is 33.4. The molecular weight excluding hydrogens is 460 g/mol. The Bertz CT molecular complexity index is 812. The van der Waals surface area contributed by atoms with Gasteiger partial charge in [-0.1, -0.05) is 20.8 Å². The second-order valence-corrected chi connectivity index (χ2v) is 15.9. The molecule has 4 heteroatoms. The molecule has 5 rings (SSSR count). The van der Waals surface area contributed by atoms with Gasteiger partial charge < -0.3 is 20.1 Å². The molecule has 37 heavy (non-hydrogen) atoms. The Morgan fingerprint density at radius 3 is 2.16 bits per heavy atom. The molecule has 4 nitrogen and oxygen atoms in total. The average Bonchev–Trinajstić information content (AvgIpc) is 3.20. The van der Waals surface area contributed by atoms with E-state index >= 15 is 0 Å². The zero-order chi connectivity index (χ0) is 26.9. The zero-order valence-electron chi connectivity index (χ0n) is 24.9. The van der Waals surface area contributed by atoms with E-state index in [0.717, 1.165) is 81.5 Å². The summed E-state index contributed by atoms with van der Waals surface area (Å²) in [6.45, 7) is 11.3. The normalized spacial score (nSPS) is 51.2. The van der Waals surface area contributed by atoms with Crippen molar-refractivity contribution in [2.24, 2.45) is 46.3 Å². The summed E-state index contributed by atoms with van der Waals surface area (Å²) in [5.41, 5.74) is -1.67. The SMILES string of the molecule is COC1CCC(O)(CC[C@@H](C)[C@H]2CC[C@H]3[C@@H]4CC[C@H]5C[C@](O)(C(C)(C)O)CC[C@]5(C)[C@H]4CC[C@]23C)CC1. The van der Waals surface area contributed by atoms with E-state index in [-0.39, 0.29) is 0 Å². The van der Waals surface area contributed by atoms with Crippen LogP contribution < -0.4 is 0 Å². The summed E-state index contributed by atoms with van der Waals surface area (Å²) >= 11 is 0. The maximum Gasteiger partial charge on any atom is 0.0930 e. The van der Waals surface area contributed by atoms with Crippen LogP contribution in [0.5, 0.6) is 0 Å². The molecule has 5 aliphatic carbocycles. The molecule has 0 radical (unpaired) electrons. The quantitative estimate of drug-likeness (QED) is 0.358. The Balaban J connectivity index is 1.24. The molecule has 0 amide bonds. The lowest BCUT2D eigenvalue weighted by Gasteiger charge is -2.63. The van der Waals surface area contributed by atoms with E-state index in [9.17, 15) is 15.3 Å². The Labute approximate surface area is 227 Å². The van der Waals surface area contributed by atoms with Crippen LogP contribution >= 0.6 is 0 Å². The number of methoxy groups -OCH3 is 1. The zero-order valence-corrected chi connectivity index (χ0v) is 24.9.